The smallest absolute Gasteiger partial charge is 0.326 e. The molecule has 1 saturated heterocycles. The van der Waals surface area contributed by atoms with Crippen molar-refractivity contribution in [3.8, 4) is 0 Å². The molecule has 0 saturated carbocycles. The maximum Gasteiger partial charge on any atom is 0.326 e. The molecular weight excluding hydrogens is 589 g/mol. The highest BCUT2D eigenvalue weighted by Crippen LogP contribution is 2.39. The largest absolute Gasteiger partial charge is 0.480 e. The first-order valence-corrected chi connectivity index (χ1v) is 18.9. The molecule has 3 N–H and O–H groups in total. The average molecular weight is 645 g/mol. The van der Waals surface area contributed by atoms with Gasteiger partial charge in [0.1, 0.15) is 6.04 Å². The number of unbranched alkanes of at least 4 members (excludes halogenated alkanes) is 2. The first-order valence-electron chi connectivity index (χ1n) is 16.5. The number of carboxylic acid groups (broad SMARTS) is 1. The number of carbonyl (C=O) groups excluding carboxylic acids is 2. The van der Waals surface area contributed by atoms with Crippen molar-refractivity contribution in [2.75, 3.05) is 12.3 Å². The van der Waals surface area contributed by atoms with Crippen molar-refractivity contribution >= 4 is 39.4 Å². The molecule has 0 aromatic carbocycles. The van der Waals surface area contributed by atoms with Gasteiger partial charge < -0.3 is 15.7 Å². The van der Waals surface area contributed by atoms with Gasteiger partial charge in [0.25, 0.3) is 0 Å². The van der Waals surface area contributed by atoms with Crippen molar-refractivity contribution < 1.29 is 19.5 Å². The molecule has 8 heteroatoms. The number of allylic oxidation sites excluding steroid dienone is 12. The van der Waals surface area contributed by atoms with E-state index in [1.807, 2.05) is 33.7 Å². The highest BCUT2D eigenvalue weighted by Gasteiger charge is 2.19. The van der Waals surface area contributed by atoms with Gasteiger partial charge >= 0.3 is 5.97 Å². The molecule has 1 heterocycles. The van der Waals surface area contributed by atoms with E-state index in [-0.39, 0.29) is 18.2 Å². The highest BCUT2D eigenvalue weighted by atomic mass is 33.1. The lowest BCUT2D eigenvalue weighted by Crippen LogP contribution is -2.40. The third kappa shape index (κ3) is 24.9. The van der Waals surface area contributed by atoms with E-state index in [1.165, 1.54) is 18.6 Å². The molecule has 6 nitrogen and oxygen atoms in total. The summed E-state index contributed by atoms with van der Waals surface area (Å²) in [5.41, 5.74) is 0. The van der Waals surface area contributed by atoms with Gasteiger partial charge in [0.15, 0.2) is 0 Å². The van der Waals surface area contributed by atoms with Crippen molar-refractivity contribution in [3.63, 3.8) is 0 Å². The van der Waals surface area contributed by atoms with Gasteiger partial charge in [0.2, 0.25) is 11.8 Å². The average Bonchev–Trinajstić information content (AvgIpc) is 3.53. The molecule has 0 aromatic rings. The van der Waals surface area contributed by atoms with Crippen LogP contribution in [0.15, 0.2) is 72.9 Å². The molecule has 1 fully saturated rings. The minimum atomic E-state index is -1.02. The molecule has 0 radical (unpaired) electrons. The molecular formula is C36H56N2O4S2. The fourth-order valence-corrected chi connectivity index (χ4v) is 7.42. The summed E-state index contributed by atoms with van der Waals surface area (Å²) in [5.74, 6) is 0.0398. The van der Waals surface area contributed by atoms with Crippen LogP contribution >= 0.6 is 21.6 Å². The van der Waals surface area contributed by atoms with Crippen LogP contribution in [0.4, 0.5) is 0 Å². The Morgan fingerprint density at radius 1 is 0.750 bits per heavy atom. The van der Waals surface area contributed by atoms with Gasteiger partial charge in [-0.15, -0.1) is 0 Å². The standard InChI is InChI=1S/C36H56N2O4S2/c1-2-3-4-5-6-7-8-9-10-11-12-13-14-15-16-17-18-19-20-28-35(40)38-33(36(41)42)26-23-24-30-37-34(39)27-22-21-25-32-29-31-43-44-32/h3-4,6-7,9-10,12-13,15-16,18-19,32-33H,2,5,8,11,14,17,20-31H2,1H3,(H,37,39)(H,38,40)(H,41,42). The van der Waals surface area contributed by atoms with Crippen molar-refractivity contribution in [2.45, 2.75) is 121 Å². The molecule has 2 atom stereocenters. The normalized spacial score (nSPS) is 16.4. The summed E-state index contributed by atoms with van der Waals surface area (Å²) in [6.45, 7) is 2.68. The molecule has 0 spiro atoms. The molecule has 0 aliphatic carbocycles. The van der Waals surface area contributed by atoms with E-state index in [0.717, 1.165) is 56.6 Å². The van der Waals surface area contributed by atoms with E-state index in [9.17, 15) is 19.5 Å². The number of amides is 2. The molecule has 1 aliphatic rings. The van der Waals surface area contributed by atoms with Gasteiger partial charge in [-0.05, 0) is 83.5 Å². The van der Waals surface area contributed by atoms with E-state index < -0.39 is 12.0 Å². The summed E-state index contributed by atoms with van der Waals surface area (Å²) < 4.78 is 0. The van der Waals surface area contributed by atoms with Crippen molar-refractivity contribution in [3.05, 3.63) is 72.9 Å². The number of carbonyl (C=O) groups is 3. The lowest BCUT2D eigenvalue weighted by Gasteiger charge is -2.14. The maximum atomic E-state index is 12.2. The Balaban J connectivity index is 2.03. The summed E-state index contributed by atoms with van der Waals surface area (Å²) in [5, 5.41) is 15.8. The maximum absolute atomic E-state index is 12.2. The summed E-state index contributed by atoms with van der Waals surface area (Å²) in [6, 6.07) is -0.893. The van der Waals surface area contributed by atoms with E-state index in [0.29, 0.717) is 38.6 Å². The molecule has 44 heavy (non-hydrogen) atoms. The fraction of sp³-hybridized carbons (Fsp3) is 0.583. The van der Waals surface area contributed by atoms with Gasteiger partial charge in [0, 0.05) is 30.4 Å². The lowest BCUT2D eigenvalue weighted by molar-refractivity contribution is -0.142. The van der Waals surface area contributed by atoms with Gasteiger partial charge in [0.05, 0.1) is 0 Å². The number of hydrogen-bond donors (Lipinski definition) is 3. The minimum absolute atomic E-state index is 0.0657. The van der Waals surface area contributed by atoms with E-state index >= 15 is 0 Å². The second-order valence-corrected chi connectivity index (χ2v) is 13.6. The van der Waals surface area contributed by atoms with Gasteiger partial charge in [-0.1, -0.05) is 108 Å². The lowest BCUT2D eigenvalue weighted by atomic mass is 10.1. The predicted molar refractivity (Wildman–Crippen MR) is 191 cm³/mol. The van der Waals surface area contributed by atoms with Crippen LogP contribution in [0.1, 0.15) is 110 Å². The fourth-order valence-electron chi connectivity index (χ4n) is 4.39. The molecule has 0 bridgehead atoms. The number of hydrogen-bond acceptors (Lipinski definition) is 5. The van der Waals surface area contributed by atoms with Gasteiger partial charge in [-0.3, -0.25) is 9.59 Å². The number of nitrogens with one attached hydrogen (secondary N) is 2. The number of carboxylic acids is 1. The second-order valence-electron chi connectivity index (χ2n) is 10.8. The molecule has 2 amide bonds. The summed E-state index contributed by atoms with van der Waals surface area (Å²) in [7, 11) is 3.93. The second kappa shape index (κ2) is 29.3. The summed E-state index contributed by atoms with van der Waals surface area (Å²) in [4.78, 5) is 35.8. The minimum Gasteiger partial charge on any atom is -0.480 e. The van der Waals surface area contributed by atoms with E-state index in [4.69, 9.17) is 0 Å². The number of aliphatic carboxylic acids is 1. The van der Waals surface area contributed by atoms with Crippen LogP contribution in [0.3, 0.4) is 0 Å². The van der Waals surface area contributed by atoms with E-state index in [2.05, 4.69) is 78.3 Å². The third-order valence-corrected chi connectivity index (χ3v) is 9.92. The summed E-state index contributed by atoms with van der Waals surface area (Å²) >= 11 is 0. The predicted octanol–water partition coefficient (Wildman–Crippen LogP) is 9.03. The molecule has 1 aliphatic heterocycles. The molecule has 246 valence electrons. The highest BCUT2D eigenvalue weighted by molar-refractivity contribution is 8.77. The van der Waals surface area contributed by atoms with Crippen molar-refractivity contribution in [1.82, 2.24) is 10.6 Å². The monoisotopic (exact) mass is 644 g/mol. The zero-order valence-corrected chi connectivity index (χ0v) is 28.4. The van der Waals surface area contributed by atoms with Crippen LogP contribution in [0.2, 0.25) is 0 Å². The first kappa shape index (κ1) is 39.6. The van der Waals surface area contributed by atoms with Crippen LogP contribution in [0.25, 0.3) is 0 Å². The quantitative estimate of drug-likeness (QED) is 0.0494. The zero-order valence-electron chi connectivity index (χ0n) is 26.8. The van der Waals surface area contributed by atoms with E-state index in [1.54, 1.807) is 0 Å². The Hall–Kier alpha value is -2.45. The van der Waals surface area contributed by atoms with Crippen molar-refractivity contribution in [2.24, 2.45) is 0 Å². The summed E-state index contributed by atoms with van der Waals surface area (Å²) in [6.07, 6.45) is 39.0. The molecule has 1 rings (SSSR count). The Kier molecular flexibility index (Phi) is 26.3. The van der Waals surface area contributed by atoms with Crippen LogP contribution in [-0.4, -0.2) is 46.5 Å². The Labute approximate surface area is 274 Å². The third-order valence-electron chi connectivity index (χ3n) is 6.92. The van der Waals surface area contributed by atoms with Crippen LogP contribution in [0, 0.1) is 0 Å². The Bertz CT molecular complexity index is 950. The topological polar surface area (TPSA) is 95.5 Å². The van der Waals surface area contributed by atoms with Crippen LogP contribution in [-0.2, 0) is 14.4 Å². The molecule has 2 unspecified atom stereocenters. The van der Waals surface area contributed by atoms with Gasteiger partial charge in [-0.2, -0.15) is 0 Å². The SMILES string of the molecule is CCC=CCC=CCC=CCC=CCC=CCC=CCCC(=O)NC(CCCCNC(=O)CCCCC1CCSS1)C(=O)O. The van der Waals surface area contributed by atoms with Crippen LogP contribution < -0.4 is 10.6 Å². The first-order chi connectivity index (χ1) is 21.5. The number of rotatable bonds is 26. The Morgan fingerprint density at radius 3 is 1.89 bits per heavy atom. The zero-order chi connectivity index (χ0) is 31.9. The van der Waals surface area contributed by atoms with Crippen molar-refractivity contribution in [1.29, 1.82) is 0 Å². The van der Waals surface area contributed by atoms with Gasteiger partial charge in [-0.25, -0.2) is 4.79 Å². The molecule has 0 aromatic heterocycles. The Morgan fingerprint density at radius 2 is 1.34 bits per heavy atom. The van der Waals surface area contributed by atoms with Crippen LogP contribution in [0.5, 0.6) is 0 Å².